The van der Waals surface area contributed by atoms with E-state index in [0.717, 1.165) is 30.0 Å². The quantitative estimate of drug-likeness (QED) is 0.829. The van der Waals surface area contributed by atoms with E-state index in [1.165, 1.54) is 0 Å². The number of hydrogen-bond acceptors (Lipinski definition) is 5. The van der Waals surface area contributed by atoms with Crippen LogP contribution in [0.2, 0.25) is 0 Å². The van der Waals surface area contributed by atoms with Gasteiger partial charge in [0.05, 0.1) is 6.61 Å². The maximum Gasteiger partial charge on any atom is 0.409 e. The number of aliphatic hydroxyl groups excluding tert-OH is 1. The zero-order chi connectivity index (χ0) is 17.5. The molecule has 25 heavy (non-hydrogen) atoms. The van der Waals surface area contributed by atoms with E-state index in [2.05, 4.69) is 4.90 Å². The number of nitrogens with zero attached hydrogens (tertiary/aromatic N) is 2. The van der Waals surface area contributed by atoms with Crippen molar-refractivity contribution >= 4 is 18.5 Å². The predicted molar refractivity (Wildman–Crippen MR) is 99.7 cm³/mol. The molecule has 1 aromatic rings. The number of halogens is 1. The van der Waals surface area contributed by atoms with E-state index >= 15 is 0 Å². The molecule has 1 aliphatic heterocycles. The molecule has 7 heteroatoms. The molecule has 0 spiro atoms. The van der Waals surface area contributed by atoms with Gasteiger partial charge in [-0.1, -0.05) is 18.2 Å². The molecule has 1 N–H and O–H groups in total. The van der Waals surface area contributed by atoms with Crippen molar-refractivity contribution in [2.75, 3.05) is 45.9 Å². The molecule has 0 aliphatic carbocycles. The number of benzene rings is 1. The summed E-state index contributed by atoms with van der Waals surface area (Å²) in [7, 11) is 0. The molecule has 0 aromatic heterocycles. The molecule has 1 amide bonds. The Labute approximate surface area is 156 Å². The van der Waals surface area contributed by atoms with Gasteiger partial charge < -0.3 is 19.5 Å². The number of piperazine rings is 1. The summed E-state index contributed by atoms with van der Waals surface area (Å²) in [6.45, 7) is 9.75. The summed E-state index contributed by atoms with van der Waals surface area (Å²) >= 11 is 0. The first-order valence-electron chi connectivity index (χ1n) is 8.52. The maximum absolute atomic E-state index is 11.7. The number of para-hydroxylation sites is 1. The highest BCUT2D eigenvalue weighted by atomic mass is 35.5. The van der Waals surface area contributed by atoms with Crippen LogP contribution >= 0.6 is 12.4 Å². The number of β-amino-alcohol motifs (C(OH)–C–C–N with tert-alkyl or cyclic N) is 1. The van der Waals surface area contributed by atoms with Crippen LogP contribution in [-0.2, 0) is 4.74 Å². The smallest absolute Gasteiger partial charge is 0.409 e. The highest BCUT2D eigenvalue weighted by Gasteiger charge is 2.23. The Hall–Kier alpha value is -1.50. The number of ether oxygens (including phenoxy) is 2. The van der Waals surface area contributed by atoms with Crippen molar-refractivity contribution in [3.05, 3.63) is 29.3 Å². The van der Waals surface area contributed by atoms with Gasteiger partial charge in [0, 0.05) is 32.7 Å². The summed E-state index contributed by atoms with van der Waals surface area (Å²) < 4.78 is 10.8. The summed E-state index contributed by atoms with van der Waals surface area (Å²) in [6.07, 6.45) is -0.811. The van der Waals surface area contributed by atoms with E-state index in [1.54, 1.807) is 11.8 Å². The first kappa shape index (κ1) is 21.5. The minimum Gasteiger partial charge on any atom is -0.490 e. The van der Waals surface area contributed by atoms with Crippen LogP contribution in [0.25, 0.3) is 0 Å². The van der Waals surface area contributed by atoms with Gasteiger partial charge >= 0.3 is 6.09 Å². The molecule has 0 bridgehead atoms. The van der Waals surface area contributed by atoms with Crippen molar-refractivity contribution in [2.45, 2.75) is 26.9 Å². The van der Waals surface area contributed by atoms with Gasteiger partial charge in [-0.2, -0.15) is 0 Å². The highest BCUT2D eigenvalue weighted by molar-refractivity contribution is 5.85. The van der Waals surface area contributed by atoms with Crippen molar-refractivity contribution in [2.24, 2.45) is 0 Å². The normalized spacial score (nSPS) is 16.1. The molecule has 1 atom stereocenters. The largest absolute Gasteiger partial charge is 0.490 e. The summed E-state index contributed by atoms with van der Waals surface area (Å²) in [5.74, 6) is 0.851. The number of carbonyl (C=O) groups excluding carboxylic acids is 1. The summed E-state index contributed by atoms with van der Waals surface area (Å²) in [4.78, 5) is 15.5. The van der Waals surface area contributed by atoms with Crippen molar-refractivity contribution in [1.82, 2.24) is 9.80 Å². The number of carbonyl (C=O) groups is 1. The lowest BCUT2D eigenvalue weighted by Gasteiger charge is -2.34. The fraction of sp³-hybridized carbons (Fsp3) is 0.611. The van der Waals surface area contributed by atoms with Crippen LogP contribution in [0.5, 0.6) is 5.75 Å². The maximum atomic E-state index is 11.7. The SMILES string of the molecule is CCOC(=O)N1CCN(CC(O)COc2c(C)cccc2C)CC1.Cl. The molecule has 0 radical (unpaired) electrons. The van der Waals surface area contributed by atoms with E-state index in [1.807, 2.05) is 32.0 Å². The van der Waals surface area contributed by atoms with Crippen molar-refractivity contribution < 1.29 is 19.4 Å². The van der Waals surface area contributed by atoms with Crippen LogP contribution in [0.4, 0.5) is 4.79 Å². The average Bonchev–Trinajstić information content (AvgIpc) is 2.55. The van der Waals surface area contributed by atoms with Crippen LogP contribution < -0.4 is 4.74 Å². The Kier molecular flexibility index (Phi) is 9.03. The van der Waals surface area contributed by atoms with Crippen molar-refractivity contribution in [3.63, 3.8) is 0 Å². The standard InChI is InChI=1S/C18H28N2O4.ClH/c1-4-23-18(22)20-10-8-19(9-11-20)12-16(21)13-24-17-14(2)6-5-7-15(17)3;/h5-7,16,21H,4,8-13H2,1-3H3;1H. The zero-order valence-electron chi connectivity index (χ0n) is 15.2. The van der Waals surface area contributed by atoms with Gasteiger partial charge in [-0.15, -0.1) is 12.4 Å². The second kappa shape index (κ2) is 10.5. The number of rotatable bonds is 6. The minimum absolute atomic E-state index is 0. The first-order chi connectivity index (χ1) is 11.5. The molecular weight excluding hydrogens is 344 g/mol. The lowest BCUT2D eigenvalue weighted by atomic mass is 10.1. The van der Waals surface area contributed by atoms with Crippen LogP contribution in [0.15, 0.2) is 18.2 Å². The molecule has 1 saturated heterocycles. The number of aryl methyl sites for hydroxylation is 2. The number of hydrogen-bond donors (Lipinski definition) is 1. The third-order valence-electron chi connectivity index (χ3n) is 4.20. The fourth-order valence-corrected chi connectivity index (χ4v) is 2.88. The number of amides is 1. The molecule has 2 rings (SSSR count). The topological polar surface area (TPSA) is 62.2 Å². The molecule has 142 valence electrons. The molecule has 6 nitrogen and oxygen atoms in total. The Morgan fingerprint density at radius 3 is 2.36 bits per heavy atom. The van der Waals surface area contributed by atoms with Crippen LogP contribution in [-0.4, -0.2) is 73.0 Å². The van der Waals surface area contributed by atoms with Gasteiger partial charge in [-0.05, 0) is 31.9 Å². The molecule has 1 unspecified atom stereocenters. The molecule has 1 aromatic carbocycles. The summed E-state index contributed by atoms with van der Waals surface area (Å²) in [5, 5.41) is 10.2. The van der Waals surface area contributed by atoms with Crippen molar-refractivity contribution in [3.8, 4) is 5.75 Å². The van der Waals surface area contributed by atoms with Gasteiger partial charge in [0.15, 0.2) is 0 Å². The van der Waals surface area contributed by atoms with Crippen molar-refractivity contribution in [1.29, 1.82) is 0 Å². The van der Waals surface area contributed by atoms with Gasteiger partial charge in [0.1, 0.15) is 18.5 Å². The van der Waals surface area contributed by atoms with Gasteiger partial charge in [-0.25, -0.2) is 4.79 Å². The third kappa shape index (κ3) is 6.38. The fourth-order valence-electron chi connectivity index (χ4n) is 2.88. The zero-order valence-corrected chi connectivity index (χ0v) is 16.1. The Balaban J connectivity index is 0.00000312. The van der Waals surface area contributed by atoms with Crippen LogP contribution in [0.3, 0.4) is 0 Å². The van der Waals surface area contributed by atoms with E-state index < -0.39 is 6.10 Å². The van der Waals surface area contributed by atoms with E-state index in [4.69, 9.17) is 9.47 Å². The highest BCUT2D eigenvalue weighted by Crippen LogP contribution is 2.22. The average molecular weight is 373 g/mol. The van der Waals surface area contributed by atoms with Gasteiger partial charge in [0.25, 0.3) is 0 Å². The predicted octanol–water partition coefficient (Wildman–Crippen LogP) is 2.24. The van der Waals surface area contributed by atoms with E-state index in [9.17, 15) is 9.90 Å². The van der Waals surface area contributed by atoms with E-state index in [-0.39, 0.29) is 25.1 Å². The Morgan fingerprint density at radius 1 is 1.20 bits per heavy atom. The van der Waals surface area contributed by atoms with Gasteiger partial charge in [-0.3, -0.25) is 4.90 Å². The minimum atomic E-state index is -0.557. The second-order valence-electron chi connectivity index (χ2n) is 6.17. The first-order valence-corrected chi connectivity index (χ1v) is 8.52. The van der Waals surface area contributed by atoms with Crippen LogP contribution in [0.1, 0.15) is 18.1 Å². The monoisotopic (exact) mass is 372 g/mol. The third-order valence-corrected chi connectivity index (χ3v) is 4.20. The van der Waals surface area contributed by atoms with E-state index in [0.29, 0.717) is 26.2 Å². The summed E-state index contributed by atoms with van der Waals surface area (Å²) in [6, 6.07) is 6.00. The Bertz CT molecular complexity index is 528. The van der Waals surface area contributed by atoms with Gasteiger partial charge in [0.2, 0.25) is 0 Å². The molecule has 1 heterocycles. The van der Waals surface area contributed by atoms with Crippen LogP contribution in [0, 0.1) is 13.8 Å². The lowest BCUT2D eigenvalue weighted by Crippen LogP contribution is -2.51. The molecule has 0 saturated carbocycles. The molecule has 1 aliphatic rings. The lowest BCUT2D eigenvalue weighted by molar-refractivity contribution is 0.0405. The molecular formula is C18H29ClN2O4. The molecule has 1 fully saturated rings. The summed E-state index contributed by atoms with van der Waals surface area (Å²) in [5.41, 5.74) is 2.15. The second-order valence-corrected chi connectivity index (χ2v) is 6.17. The Morgan fingerprint density at radius 2 is 1.80 bits per heavy atom. The number of aliphatic hydroxyl groups is 1.